The summed E-state index contributed by atoms with van der Waals surface area (Å²) >= 11 is 0. The van der Waals surface area contributed by atoms with Crippen molar-refractivity contribution in [3.63, 3.8) is 0 Å². The SMILES string of the molecule is C[C@@H]1[C@H](NC(=O)c2ccc(-c3ccc(F)nc3)[nH]2)C2CCN1CC2. The number of piperidine rings is 3. The molecule has 2 atom stereocenters. The van der Waals surface area contributed by atoms with Crippen molar-refractivity contribution in [2.75, 3.05) is 13.1 Å². The van der Waals surface area contributed by atoms with Crippen LogP contribution in [0.4, 0.5) is 4.39 Å². The number of aromatic nitrogens is 2. The number of H-pyrrole nitrogens is 1. The molecule has 3 aliphatic rings. The van der Waals surface area contributed by atoms with Crippen LogP contribution in [0.3, 0.4) is 0 Å². The molecule has 0 aliphatic carbocycles. The summed E-state index contributed by atoms with van der Waals surface area (Å²) in [4.78, 5) is 21.8. The van der Waals surface area contributed by atoms with Crippen LogP contribution in [0.1, 0.15) is 30.3 Å². The molecular formula is C18H21FN4O. The lowest BCUT2D eigenvalue weighted by molar-refractivity contribution is 0.0216. The number of amides is 1. The maximum absolute atomic E-state index is 12.9. The van der Waals surface area contributed by atoms with E-state index in [1.807, 2.05) is 6.07 Å². The van der Waals surface area contributed by atoms with Crippen LogP contribution in [-0.4, -0.2) is 45.9 Å². The maximum atomic E-state index is 12.9. The van der Waals surface area contributed by atoms with E-state index in [1.165, 1.54) is 12.3 Å². The van der Waals surface area contributed by atoms with Gasteiger partial charge in [0.15, 0.2) is 0 Å². The van der Waals surface area contributed by atoms with Gasteiger partial charge in [-0.3, -0.25) is 9.69 Å². The van der Waals surface area contributed by atoms with E-state index < -0.39 is 5.95 Å². The molecule has 2 bridgehead atoms. The van der Waals surface area contributed by atoms with Crippen LogP contribution in [0.15, 0.2) is 30.5 Å². The van der Waals surface area contributed by atoms with Crippen molar-refractivity contribution in [2.45, 2.75) is 31.8 Å². The van der Waals surface area contributed by atoms with Gasteiger partial charge in [0.05, 0.1) is 0 Å². The zero-order valence-electron chi connectivity index (χ0n) is 13.6. The van der Waals surface area contributed by atoms with Crippen molar-refractivity contribution in [1.29, 1.82) is 0 Å². The second-order valence-corrected chi connectivity index (χ2v) is 6.77. The topological polar surface area (TPSA) is 61.0 Å². The average Bonchev–Trinajstić information content (AvgIpc) is 3.09. The molecule has 0 saturated carbocycles. The molecule has 126 valence electrons. The molecular weight excluding hydrogens is 307 g/mol. The second kappa shape index (κ2) is 6.02. The lowest BCUT2D eigenvalue weighted by Gasteiger charge is -2.49. The monoisotopic (exact) mass is 328 g/mol. The van der Waals surface area contributed by atoms with Gasteiger partial charge in [-0.2, -0.15) is 4.39 Å². The van der Waals surface area contributed by atoms with Gasteiger partial charge in [-0.05, 0) is 63.0 Å². The minimum atomic E-state index is -0.514. The molecule has 3 saturated heterocycles. The molecule has 3 fully saturated rings. The van der Waals surface area contributed by atoms with Gasteiger partial charge in [-0.25, -0.2) is 4.98 Å². The third-order valence-corrected chi connectivity index (χ3v) is 5.44. The minimum Gasteiger partial charge on any atom is -0.351 e. The van der Waals surface area contributed by atoms with Crippen LogP contribution in [0.25, 0.3) is 11.3 Å². The quantitative estimate of drug-likeness (QED) is 0.851. The van der Waals surface area contributed by atoms with Gasteiger partial charge in [0.1, 0.15) is 5.69 Å². The third-order valence-electron chi connectivity index (χ3n) is 5.44. The van der Waals surface area contributed by atoms with E-state index in [0.717, 1.165) is 37.2 Å². The molecule has 5 rings (SSSR count). The van der Waals surface area contributed by atoms with Crippen LogP contribution >= 0.6 is 0 Å². The molecule has 2 aromatic rings. The predicted molar refractivity (Wildman–Crippen MR) is 89.0 cm³/mol. The molecule has 2 aromatic heterocycles. The first-order valence-electron chi connectivity index (χ1n) is 8.47. The van der Waals surface area contributed by atoms with Crippen LogP contribution < -0.4 is 5.32 Å². The van der Waals surface area contributed by atoms with E-state index in [2.05, 4.69) is 27.1 Å². The maximum Gasteiger partial charge on any atom is 0.267 e. The number of pyridine rings is 1. The highest BCUT2D eigenvalue weighted by atomic mass is 19.1. The Morgan fingerprint density at radius 1 is 1.29 bits per heavy atom. The number of fused-ring (bicyclic) bond motifs is 3. The van der Waals surface area contributed by atoms with Gasteiger partial charge in [-0.1, -0.05) is 0 Å². The van der Waals surface area contributed by atoms with Crippen LogP contribution in [0.2, 0.25) is 0 Å². The Morgan fingerprint density at radius 2 is 2.08 bits per heavy atom. The van der Waals surface area contributed by atoms with Crippen LogP contribution in [0, 0.1) is 11.9 Å². The summed E-state index contributed by atoms with van der Waals surface area (Å²) in [5, 5.41) is 3.20. The van der Waals surface area contributed by atoms with E-state index in [-0.39, 0.29) is 11.9 Å². The fourth-order valence-corrected chi connectivity index (χ4v) is 4.01. The Morgan fingerprint density at radius 3 is 2.75 bits per heavy atom. The summed E-state index contributed by atoms with van der Waals surface area (Å²) in [7, 11) is 0. The summed E-state index contributed by atoms with van der Waals surface area (Å²) in [5.74, 6) is -0.0220. The highest BCUT2D eigenvalue weighted by Gasteiger charge is 2.40. The first-order chi connectivity index (χ1) is 11.6. The molecule has 0 radical (unpaired) electrons. The van der Waals surface area contributed by atoms with Crippen molar-refractivity contribution in [1.82, 2.24) is 20.2 Å². The Hall–Kier alpha value is -2.21. The zero-order valence-corrected chi connectivity index (χ0v) is 13.6. The average molecular weight is 328 g/mol. The molecule has 3 aliphatic heterocycles. The molecule has 1 amide bonds. The fraction of sp³-hybridized carbons (Fsp3) is 0.444. The van der Waals surface area contributed by atoms with E-state index >= 15 is 0 Å². The lowest BCUT2D eigenvalue weighted by Crippen LogP contribution is -2.62. The van der Waals surface area contributed by atoms with Gasteiger partial charge < -0.3 is 10.3 Å². The molecule has 5 nitrogen and oxygen atoms in total. The van der Waals surface area contributed by atoms with Gasteiger partial charge in [0.2, 0.25) is 5.95 Å². The van der Waals surface area contributed by atoms with E-state index in [9.17, 15) is 9.18 Å². The number of carbonyl (C=O) groups is 1. The van der Waals surface area contributed by atoms with Crippen molar-refractivity contribution < 1.29 is 9.18 Å². The molecule has 6 heteroatoms. The van der Waals surface area contributed by atoms with Gasteiger partial charge in [0, 0.05) is 29.5 Å². The highest BCUT2D eigenvalue weighted by Crippen LogP contribution is 2.32. The number of hydrogen-bond donors (Lipinski definition) is 2. The Balaban J connectivity index is 1.48. The smallest absolute Gasteiger partial charge is 0.267 e. The summed E-state index contributed by atoms with van der Waals surface area (Å²) in [5.41, 5.74) is 2.04. The number of nitrogens with one attached hydrogen (secondary N) is 2. The third kappa shape index (κ3) is 2.71. The normalized spacial score (nSPS) is 28.8. The summed E-state index contributed by atoms with van der Waals surface area (Å²) in [6, 6.07) is 7.14. The Labute approximate surface area is 140 Å². The lowest BCUT2D eigenvalue weighted by atomic mass is 9.79. The molecule has 2 N–H and O–H groups in total. The number of hydrogen-bond acceptors (Lipinski definition) is 3. The first kappa shape index (κ1) is 15.3. The molecule has 0 unspecified atom stereocenters. The number of carbonyl (C=O) groups excluding carboxylic acids is 1. The Kier molecular flexibility index (Phi) is 3.84. The predicted octanol–water partition coefficient (Wildman–Crippen LogP) is 2.43. The number of aromatic amines is 1. The first-order valence-corrected chi connectivity index (χ1v) is 8.47. The highest BCUT2D eigenvalue weighted by molar-refractivity contribution is 5.93. The number of nitrogens with zero attached hydrogens (tertiary/aromatic N) is 2. The summed E-state index contributed by atoms with van der Waals surface area (Å²) in [6.45, 7) is 4.48. The van der Waals surface area contributed by atoms with E-state index in [4.69, 9.17) is 0 Å². The van der Waals surface area contributed by atoms with Crippen LogP contribution in [0.5, 0.6) is 0 Å². The van der Waals surface area contributed by atoms with Crippen molar-refractivity contribution >= 4 is 5.91 Å². The number of rotatable bonds is 3. The van der Waals surface area contributed by atoms with Crippen molar-refractivity contribution in [3.8, 4) is 11.3 Å². The van der Waals surface area contributed by atoms with Crippen molar-refractivity contribution in [3.05, 3.63) is 42.1 Å². The summed E-state index contributed by atoms with van der Waals surface area (Å²) in [6.07, 6.45) is 3.78. The minimum absolute atomic E-state index is 0.0816. The largest absolute Gasteiger partial charge is 0.351 e. The summed E-state index contributed by atoms with van der Waals surface area (Å²) < 4.78 is 12.9. The van der Waals surface area contributed by atoms with Crippen LogP contribution in [-0.2, 0) is 0 Å². The van der Waals surface area contributed by atoms with Gasteiger partial charge in [0.25, 0.3) is 5.91 Å². The molecule has 24 heavy (non-hydrogen) atoms. The fourth-order valence-electron chi connectivity index (χ4n) is 4.01. The number of halogens is 1. The molecule has 5 heterocycles. The zero-order chi connectivity index (χ0) is 16.7. The van der Waals surface area contributed by atoms with Crippen molar-refractivity contribution in [2.24, 2.45) is 5.92 Å². The second-order valence-electron chi connectivity index (χ2n) is 6.77. The Bertz CT molecular complexity index is 732. The molecule has 0 aromatic carbocycles. The van der Waals surface area contributed by atoms with E-state index in [0.29, 0.717) is 17.7 Å². The molecule has 0 spiro atoms. The van der Waals surface area contributed by atoms with Gasteiger partial charge in [-0.15, -0.1) is 0 Å². The van der Waals surface area contributed by atoms with E-state index in [1.54, 1.807) is 12.1 Å². The standard InChI is InChI=1S/C18H21FN4O/c1-11-17(12-6-8-23(11)9-7-12)22-18(24)15-4-3-14(21-15)13-2-5-16(19)20-10-13/h2-5,10-12,17,21H,6-9H2,1H3,(H,22,24)/t11-,17+/m1/s1. The van der Waals surface area contributed by atoms with Gasteiger partial charge >= 0.3 is 0 Å².